The number of ether oxygens (including phenoxy) is 1. The van der Waals surface area contributed by atoms with Crippen molar-refractivity contribution < 1.29 is 23.5 Å². The van der Waals surface area contributed by atoms with E-state index in [2.05, 4.69) is 10.3 Å². The monoisotopic (exact) mass is 404 g/mol. The Hall–Kier alpha value is -4.00. The van der Waals surface area contributed by atoms with Crippen LogP contribution in [0.25, 0.3) is 11.0 Å². The van der Waals surface area contributed by atoms with Crippen molar-refractivity contribution in [3.8, 4) is 11.5 Å². The Bertz CT molecular complexity index is 1240. The van der Waals surface area contributed by atoms with Crippen LogP contribution in [-0.4, -0.2) is 17.6 Å². The van der Waals surface area contributed by atoms with Gasteiger partial charge in [0, 0.05) is 11.5 Å². The molecule has 0 fully saturated rings. The minimum atomic E-state index is -0.363. The second-order valence-electron chi connectivity index (χ2n) is 6.46. The molecule has 0 spiro atoms. The molecular weight excluding hydrogens is 384 g/mol. The van der Waals surface area contributed by atoms with Gasteiger partial charge in [-0.3, -0.25) is 4.79 Å². The maximum absolute atomic E-state index is 12.9. The molecule has 0 aliphatic carbocycles. The highest BCUT2D eigenvalue weighted by Crippen LogP contribution is 2.27. The van der Waals surface area contributed by atoms with Crippen molar-refractivity contribution in [3.63, 3.8) is 0 Å². The SMILES string of the molecule is CCOc1ccccc1N=c1oc2cc(O)ccc2cc1C(=O)NCc1ccco1. The van der Waals surface area contributed by atoms with E-state index in [1.165, 1.54) is 12.1 Å². The molecular formula is C23H20N2O5. The van der Waals surface area contributed by atoms with Crippen LogP contribution < -0.4 is 15.6 Å². The lowest BCUT2D eigenvalue weighted by Crippen LogP contribution is -2.28. The molecule has 1 amide bonds. The lowest BCUT2D eigenvalue weighted by Gasteiger charge is -2.08. The minimum absolute atomic E-state index is 0.0573. The van der Waals surface area contributed by atoms with Gasteiger partial charge in [0.2, 0.25) is 5.55 Å². The van der Waals surface area contributed by atoms with Crippen molar-refractivity contribution in [1.82, 2.24) is 5.32 Å². The van der Waals surface area contributed by atoms with Gasteiger partial charge < -0.3 is 24.0 Å². The normalized spacial score (nSPS) is 11.6. The molecule has 0 aliphatic rings. The summed E-state index contributed by atoms with van der Waals surface area (Å²) in [4.78, 5) is 17.5. The zero-order valence-electron chi connectivity index (χ0n) is 16.3. The molecule has 0 bridgehead atoms. The van der Waals surface area contributed by atoms with Crippen molar-refractivity contribution in [2.45, 2.75) is 13.5 Å². The summed E-state index contributed by atoms with van der Waals surface area (Å²) >= 11 is 0. The molecule has 152 valence electrons. The second-order valence-corrected chi connectivity index (χ2v) is 6.46. The summed E-state index contributed by atoms with van der Waals surface area (Å²) in [6.07, 6.45) is 1.55. The zero-order chi connectivity index (χ0) is 20.9. The highest BCUT2D eigenvalue weighted by molar-refractivity contribution is 5.96. The predicted molar refractivity (Wildman–Crippen MR) is 111 cm³/mol. The topological polar surface area (TPSA) is 97.2 Å². The Kier molecular flexibility index (Phi) is 5.52. The Morgan fingerprint density at radius 1 is 1.13 bits per heavy atom. The van der Waals surface area contributed by atoms with Crippen LogP contribution in [0.1, 0.15) is 23.0 Å². The van der Waals surface area contributed by atoms with Gasteiger partial charge in [-0.15, -0.1) is 0 Å². The maximum atomic E-state index is 12.9. The van der Waals surface area contributed by atoms with Gasteiger partial charge in [0.15, 0.2) is 0 Å². The van der Waals surface area contributed by atoms with E-state index in [0.29, 0.717) is 34.8 Å². The Morgan fingerprint density at radius 2 is 2.00 bits per heavy atom. The first-order valence-corrected chi connectivity index (χ1v) is 9.48. The van der Waals surface area contributed by atoms with Crippen molar-refractivity contribution in [1.29, 1.82) is 0 Å². The highest BCUT2D eigenvalue weighted by Gasteiger charge is 2.14. The molecule has 0 saturated carbocycles. The summed E-state index contributed by atoms with van der Waals surface area (Å²) in [7, 11) is 0. The fraction of sp³-hybridized carbons (Fsp3) is 0.130. The molecule has 2 aromatic carbocycles. The average Bonchev–Trinajstić information content (AvgIpc) is 3.27. The summed E-state index contributed by atoms with van der Waals surface area (Å²) in [5.41, 5.74) is 1.30. The van der Waals surface area contributed by atoms with Crippen LogP contribution in [0.4, 0.5) is 5.69 Å². The largest absolute Gasteiger partial charge is 0.508 e. The molecule has 30 heavy (non-hydrogen) atoms. The number of carbonyl (C=O) groups is 1. The number of para-hydroxylation sites is 2. The number of fused-ring (bicyclic) bond motifs is 1. The standard InChI is InChI=1S/C23H20N2O5/c1-2-28-20-8-4-3-7-19(20)25-23-18(22(27)24-14-17-6-5-11-29-17)12-15-9-10-16(26)13-21(15)30-23/h3-13,26H,2,14H2,1H3,(H,24,27). The van der Waals surface area contributed by atoms with E-state index in [4.69, 9.17) is 13.6 Å². The molecule has 0 saturated heterocycles. The number of benzene rings is 2. The number of phenolic OH excluding ortho intramolecular Hbond substituents is 1. The van der Waals surface area contributed by atoms with E-state index in [1.54, 1.807) is 42.7 Å². The lowest BCUT2D eigenvalue weighted by molar-refractivity contribution is 0.0944. The summed E-state index contributed by atoms with van der Waals surface area (Å²) in [6.45, 7) is 2.59. The van der Waals surface area contributed by atoms with Gasteiger partial charge in [-0.25, -0.2) is 4.99 Å². The van der Waals surface area contributed by atoms with Crippen LogP contribution in [0, 0.1) is 0 Å². The van der Waals surface area contributed by atoms with E-state index in [-0.39, 0.29) is 29.3 Å². The number of phenols is 1. The molecule has 0 radical (unpaired) electrons. The number of furan rings is 1. The first-order chi connectivity index (χ1) is 14.6. The highest BCUT2D eigenvalue weighted by atomic mass is 16.5. The van der Waals surface area contributed by atoms with Gasteiger partial charge in [-0.05, 0) is 49.4 Å². The molecule has 4 rings (SSSR count). The molecule has 7 heteroatoms. The molecule has 0 atom stereocenters. The van der Waals surface area contributed by atoms with Crippen molar-refractivity contribution >= 4 is 22.6 Å². The van der Waals surface area contributed by atoms with Gasteiger partial charge in [0.05, 0.1) is 19.4 Å². The Labute approximate surface area is 172 Å². The molecule has 2 aromatic heterocycles. The molecule has 0 unspecified atom stereocenters. The van der Waals surface area contributed by atoms with E-state index in [0.717, 1.165) is 0 Å². The number of hydrogen-bond donors (Lipinski definition) is 2. The quantitative estimate of drug-likeness (QED) is 0.500. The number of nitrogens with zero attached hydrogens (tertiary/aromatic N) is 1. The van der Waals surface area contributed by atoms with E-state index >= 15 is 0 Å². The van der Waals surface area contributed by atoms with Crippen LogP contribution in [0.5, 0.6) is 11.5 Å². The molecule has 7 nitrogen and oxygen atoms in total. The Balaban J connectivity index is 1.81. The van der Waals surface area contributed by atoms with E-state index in [9.17, 15) is 9.90 Å². The molecule has 2 N–H and O–H groups in total. The van der Waals surface area contributed by atoms with Gasteiger partial charge >= 0.3 is 0 Å². The summed E-state index contributed by atoms with van der Waals surface area (Å²) in [6, 6.07) is 17.1. The third-order valence-corrected chi connectivity index (χ3v) is 4.37. The first kappa shape index (κ1) is 19.3. The zero-order valence-corrected chi connectivity index (χ0v) is 16.3. The number of rotatable bonds is 6. The molecule has 4 aromatic rings. The van der Waals surface area contributed by atoms with Crippen LogP contribution >= 0.6 is 0 Å². The van der Waals surface area contributed by atoms with Gasteiger partial charge in [-0.1, -0.05) is 12.1 Å². The fourth-order valence-corrected chi connectivity index (χ4v) is 2.97. The summed E-state index contributed by atoms with van der Waals surface area (Å²) in [5, 5.41) is 13.3. The van der Waals surface area contributed by atoms with Crippen molar-refractivity contribution in [2.75, 3.05) is 6.61 Å². The number of hydrogen-bond acceptors (Lipinski definition) is 6. The molecule has 2 heterocycles. The second kappa shape index (κ2) is 8.57. The maximum Gasteiger partial charge on any atom is 0.257 e. The number of carbonyl (C=O) groups excluding carboxylic acids is 1. The van der Waals surface area contributed by atoms with Crippen LogP contribution in [0.15, 0.2) is 80.8 Å². The van der Waals surface area contributed by atoms with Crippen molar-refractivity contribution in [2.24, 2.45) is 4.99 Å². The van der Waals surface area contributed by atoms with Crippen LogP contribution in [0.3, 0.4) is 0 Å². The van der Waals surface area contributed by atoms with E-state index < -0.39 is 0 Å². The number of nitrogens with one attached hydrogen (secondary N) is 1. The first-order valence-electron chi connectivity index (χ1n) is 9.48. The smallest absolute Gasteiger partial charge is 0.257 e. The van der Waals surface area contributed by atoms with Gasteiger partial charge in [0.25, 0.3) is 5.91 Å². The lowest BCUT2D eigenvalue weighted by atomic mass is 10.1. The van der Waals surface area contributed by atoms with Crippen LogP contribution in [0.2, 0.25) is 0 Å². The molecule has 0 aliphatic heterocycles. The Morgan fingerprint density at radius 3 is 2.80 bits per heavy atom. The predicted octanol–water partition coefficient (Wildman–Crippen LogP) is 4.29. The van der Waals surface area contributed by atoms with Crippen LogP contribution in [-0.2, 0) is 6.54 Å². The number of amides is 1. The third-order valence-electron chi connectivity index (χ3n) is 4.37. The van der Waals surface area contributed by atoms with Crippen molar-refractivity contribution in [3.05, 3.63) is 83.8 Å². The van der Waals surface area contributed by atoms with Gasteiger partial charge in [0.1, 0.15) is 34.1 Å². The van der Waals surface area contributed by atoms with E-state index in [1.807, 2.05) is 19.1 Å². The number of aromatic hydroxyl groups is 1. The third kappa shape index (κ3) is 4.20. The minimum Gasteiger partial charge on any atom is -0.508 e. The van der Waals surface area contributed by atoms with Gasteiger partial charge in [-0.2, -0.15) is 0 Å². The average molecular weight is 404 g/mol. The summed E-state index contributed by atoms with van der Waals surface area (Å²) in [5.74, 6) is 0.902. The summed E-state index contributed by atoms with van der Waals surface area (Å²) < 4.78 is 16.8. The fourth-order valence-electron chi connectivity index (χ4n) is 2.97.